The number of H-pyrrole nitrogens is 1. The highest BCUT2D eigenvalue weighted by atomic mass is 19.1. The number of rotatable bonds is 5. The number of hydrogen-bond donors (Lipinski definition) is 2. The zero-order chi connectivity index (χ0) is 18.6. The van der Waals surface area contributed by atoms with Crippen molar-refractivity contribution in [2.24, 2.45) is 5.73 Å². The van der Waals surface area contributed by atoms with Crippen LogP contribution < -0.4 is 5.73 Å². The van der Waals surface area contributed by atoms with Gasteiger partial charge >= 0.3 is 0 Å². The molecule has 1 atom stereocenters. The number of ether oxygens (including phenoxy) is 1. The Morgan fingerprint density at radius 3 is 2.89 bits per heavy atom. The minimum Gasteiger partial charge on any atom is -0.378 e. The van der Waals surface area contributed by atoms with E-state index >= 15 is 0 Å². The topological polar surface area (TPSA) is 80.1 Å². The first kappa shape index (κ1) is 17.8. The van der Waals surface area contributed by atoms with Crippen LogP contribution in [0.15, 0.2) is 48.8 Å². The Labute approximate surface area is 157 Å². The van der Waals surface area contributed by atoms with Crippen LogP contribution in [0.3, 0.4) is 0 Å². The molecule has 0 bridgehead atoms. The standard InChI is InChI=1S/C20H22FN5O/c21-16-3-1-14(2-4-16)20-17(12-24-25-20)15-5-7-23-18(11-15)19-13-27-10-9-26(19)8-6-22/h1-5,7,11-12,19H,6,8-10,13,22H2,(H,24,25). The Balaban J connectivity index is 1.67. The highest BCUT2D eigenvalue weighted by molar-refractivity contribution is 5.80. The van der Waals surface area contributed by atoms with E-state index in [9.17, 15) is 4.39 Å². The van der Waals surface area contributed by atoms with E-state index in [0.29, 0.717) is 19.8 Å². The minimum atomic E-state index is -0.261. The van der Waals surface area contributed by atoms with Crippen molar-refractivity contribution in [1.82, 2.24) is 20.1 Å². The lowest BCUT2D eigenvalue weighted by Crippen LogP contribution is -2.42. The normalized spacial score (nSPS) is 17.9. The van der Waals surface area contributed by atoms with E-state index in [4.69, 9.17) is 10.5 Å². The van der Waals surface area contributed by atoms with E-state index in [0.717, 1.165) is 41.2 Å². The van der Waals surface area contributed by atoms with Crippen LogP contribution in [0.25, 0.3) is 22.4 Å². The Morgan fingerprint density at radius 2 is 2.07 bits per heavy atom. The second-order valence-corrected chi connectivity index (χ2v) is 6.55. The fraction of sp³-hybridized carbons (Fsp3) is 0.300. The zero-order valence-electron chi connectivity index (χ0n) is 14.9. The van der Waals surface area contributed by atoms with Crippen LogP contribution >= 0.6 is 0 Å². The van der Waals surface area contributed by atoms with Gasteiger partial charge in [0, 0.05) is 37.0 Å². The summed E-state index contributed by atoms with van der Waals surface area (Å²) in [6.45, 7) is 3.58. The molecule has 4 rings (SSSR count). The first-order chi connectivity index (χ1) is 13.3. The van der Waals surface area contributed by atoms with Gasteiger partial charge in [-0.2, -0.15) is 5.10 Å². The number of benzene rings is 1. The smallest absolute Gasteiger partial charge is 0.123 e. The third-order valence-electron chi connectivity index (χ3n) is 4.86. The molecule has 1 aromatic carbocycles. The number of hydrogen-bond acceptors (Lipinski definition) is 5. The SMILES string of the molecule is NCCN1CCOCC1c1cc(-c2cn[nH]c2-c2ccc(F)cc2)ccn1. The number of aromatic nitrogens is 3. The maximum absolute atomic E-state index is 13.3. The van der Waals surface area contributed by atoms with Crippen LogP contribution in [0.1, 0.15) is 11.7 Å². The van der Waals surface area contributed by atoms with Gasteiger partial charge in [0.1, 0.15) is 5.82 Å². The summed E-state index contributed by atoms with van der Waals surface area (Å²) in [6.07, 6.45) is 3.59. The van der Waals surface area contributed by atoms with Gasteiger partial charge < -0.3 is 10.5 Å². The van der Waals surface area contributed by atoms with Crippen molar-refractivity contribution in [2.75, 3.05) is 32.8 Å². The molecule has 3 aromatic rings. The van der Waals surface area contributed by atoms with Crippen LogP contribution in [0.4, 0.5) is 4.39 Å². The van der Waals surface area contributed by atoms with Crippen LogP contribution in [-0.2, 0) is 4.74 Å². The highest BCUT2D eigenvalue weighted by Crippen LogP contribution is 2.32. The van der Waals surface area contributed by atoms with E-state index in [-0.39, 0.29) is 11.9 Å². The van der Waals surface area contributed by atoms with E-state index < -0.39 is 0 Å². The molecule has 3 N–H and O–H groups in total. The maximum Gasteiger partial charge on any atom is 0.123 e. The van der Waals surface area contributed by atoms with E-state index in [2.05, 4.69) is 26.1 Å². The number of morpholine rings is 1. The molecular formula is C20H22FN5O. The Morgan fingerprint density at radius 1 is 1.22 bits per heavy atom. The van der Waals surface area contributed by atoms with Gasteiger partial charge in [0.2, 0.25) is 0 Å². The molecule has 1 saturated heterocycles. The van der Waals surface area contributed by atoms with Crippen molar-refractivity contribution in [3.63, 3.8) is 0 Å². The summed E-state index contributed by atoms with van der Waals surface area (Å²) in [6, 6.07) is 10.5. The number of nitrogens with two attached hydrogens (primary N) is 1. The van der Waals surface area contributed by atoms with E-state index in [1.807, 2.05) is 6.07 Å². The first-order valence-corrected chi connectivity index (χ1v) is 9.04. The summed E-state index contributed by atoms with van der Waals surface area (Å²) in [7, 11) is 0. The van der Waals surface area contributed by atoms with Crippen molar-refractivity contribution in [2.45, 2.75) is 6.04 Å². The highest BCUT2D eigenvalue weighted by Gasteiger charge is 2.25. The third kappa shape index (κ3) is 3.75. The minimum absolute atomic E-state index is 0.0865. The molecule has 1 unspecified atom stereocenters. The number of nitrogens with zero attached hydrogens (tertiary/aromatic N) is 3. The Kier molecular flexibility index (Phi) is 5.24. The fourth-order valence-corrected chi connectivity index (χ4v) is 3.48. The van der Waals surface area contributed by atoms with Gasteiger partial charge in [0.05, 0.1) is 36.8 Å². The number of nitrogens with one attached hydrogen (secondary N) is 1. The molecule has 6 nitrogen and oxygen atoms in total. The van der Waals surface area contributed by atoms with Gasteiger partial charge in [-0.15, -0.1) is 0 Å². The molecule has 0 aliphatic carbocycles. The Bertz CT molecular complexity index is 893. The zero-order valence-corrected chi connectivity index (χ0v) is 14.9. The monoisotopic (exact) mass is 367 g/mol. The largest absolute Gasteiger partial charge is 0.378 e. The van der Waals surface area contributed by atoms with Crippen LogP contribution in [0.5, 0.6) is 0 Å². The first-order valence-electron chi connectivity index (χ1n) is 9.04. The third-order valence-corrected chi connectivity index (χ3v) is 4.86. The number of aromatic amines is 1. The second kappa shape index (κ2) is 7.96. The average Bonchev–Trinajstić information content (AvgIpc) is 3.19. The molecule has 1 aliphatic rings. The second-order valence-electron chi connectivity index (χ2n) is 6.55. The molecule has 1 fully saturated rings. The molecule has 140 valence electrons. The van der Waals surface area contributed by atoms with Crippen molar-refractivity contribution >= 4 is 0 Å². The molecule has 7 heteroatoms. The molecule has 3 heterocycles. The molecule has 0 spiro atoms. The molecule has 2 aromatic heterocycles. The lowest BCUT2D eigenvalue weighted by Gasteiger charge is -2.35. The molecule has 0 saturated carbocycles. The van der Waals surface area contributed by atoms with Crippen LogP contribution in [-0.4, -0.2) is 52.9 Å². The molecule has 27 heavy (non-hydrogen) atoms. The van der Waals surface area contributed by atoms with Crippen molar-refractivity contribution in [3.05, 3.63) is 60.3 Å². The summed E-state index contributed by atoms with van der Waals surface area (Å²) in [5.41, 5.74) is 10.4. The van der Waals surface area contributed by atoms with Gasteiger partial charge in [-0.3, -0.25) is 15.0 Å². The summed E-state index contributed by atoms with van der Waals surface area (Å²) in [5.74, 6) is -0.261. The average molecular weight is 367 g/mol. The van der Waals surface area contributed by atoms with E-state index in [1.54, 1.807) is 24.5 Å². The van der Waals surface area contributed by atoms with Gasteiger partial charge in [0.15, 0.2) is 0 Å². The number of pyridine rings is 1. The summed E-state index contributed by atoms with van der Waals surface area (Å²) >= 11 is 0. The van der Waals surface area contributed by atoms with Gasteiger partial charge in [-0.1, -0.05) is 0 Å². The van der Waals surface area contributed by atoms with Crippen LogP contribution in [0, 0.1) is 5.82 Å². The van der Waals surface area contributed by atoms with Crippen molar-refractivity contribution < 1.29 is 9.13 Å². The van der Waals surface area contributed by atoms with Gasteiger partial charge in [-0.05, 0) is 42.0 Å². The van der Waals surface area contributed by atoms with Gasteiger partial charge in [0.25, 0.3) is 0 Å². The van der Waals surface area contributed by atoms with E-state index in [1.165, 1.54) is 12.1 Å². The molecule has 0 radical (unpaired) electrons. The van der Waals surface area contributed by atoms with Crippen molar-refractivity contribution in [3.8, 4) is 22.4 Å². The molecule has 1 aliphatic heterocycles. The Hall–Kier alpha value is -2.61. The lowest BCUT2D eigenvalue weighted by molar-refractivity contribution is -0.00834. The summed E-state index contributed by atoms with van der Waals surface area (Å²) in [4.78, 5) is 6.89. The lowest BCUT2D eigenvalue weighted by atomic mass is 10.0. The van der Waals surface area contributed by atoms with Gasteiger partial charge in [-0.25, -0.2) is 4.39 Å². The molecule has 0 amide bonds. The predicted molar refractivity (Wildman–Crippen MR) is 101 cm³/mol. The fourth-order valence-electron chi connectivity index (χ4n) is 3.48. The summed E-state index contributed by atoms with van der Waals surface area (Å²) in [5, 5.41) is 7.22. The summed E-state index contributed by atoms with van der Waals surface area (Å²) < 4.78 is 18.9. The maximum atomic E-state index is 13.3. The quantitative estimate of drug-likeness (QED) is 0.725. The van der Waals surface area contributed by atoms with Crippen molar-refractivity contribution in [1.29, 1.82) is 0 Å². The molecular weight excluding hydrogens is 345 g/mol. The number of halogens is 1. The predicted octanol–water partition coefficient (Wildman–Crippen LogP) is 2.61. The van der Waals surface area contributed by atoms with Crippen LogP contribution in [0.2, 0.25) is 0 Å².